The molecule has 1 aromatic carbocycles. The van der Waals surface area contributed by atoms with Gasteiger partial charge in [0.1, 0.15) is 5.75 Å². The second-order valence-corrected chi connectivity index (χ2v) is 7.19. The third kappa shape index (κ3) is 3.47. The summed E-state index contributed by atoms with van der Waals surface area (Å²) >= 11 is 3.31. The molecule has 1 saturated heterocycles. The molecule has 1 aliphatic rings. The van der Waals surface area contributed by atoms with Crippen LogP contribution in [0.1, 0.15) is 6.42 Å². The Morgan fingerprint density at radius 2 is 2.05 bits per heavy atom. The third-order valence-corrected chi connectivity index (χ3v) is 5.35. The van der Waals surface area contributed by atoms with Gasteiger partial charge in [-0.1, -0.05) is 15.9 Å². The van der Waals surface area contributed by atoms with Crippen molar-refractivity contribution in [2.24, 2.45) is 0 Å². The Labute approximate surface area is 122 Å². The monoisotopic (exact) mass is 348 g/mol. The van der Waals surface area contributed by atoms with E-state index in [0.717, 1.165) is 13.0 Å². The number of benzene rings is 1. The van der Waals surface area contributed by atoms with Crippen molar-refractivity contribution >= 4 is 26.0 Å². The second kappa shape index (κ2) is 6.21. The molecular weight excluding hydrogens is 332 g/mol. The molecule has 1 aliphatic heterocycles. The number of methoxy groups -OCH3 is 1. The first-order valence-electron chi connectivity index (χ1n) is 6.09. The lowest BCUT2D eigenvalue weighted by molar-refractivity contribution is 0.410. The zero-order chi connectivity index (χ0) is 13.9. The maximum atomic E-state index is 12.6. The summed E-state index contributed by atoms with van der Waals surface area (Å²) in [6.45, 7) is 2.58. The Hall–Kier alpha value is -0.630. The number of sulfonamides is 1. The molecule has 1 fully saturated rings. The van der Waals surface area contributed by atoms with Crippen LogP contribution in [0.25, 0.3) is 0 Å². The number of halogens is 1. The van der Waals surface area contributed by atoms with Gasteiger partial charge in [0.15, 0.2) is 0 Å². The average Bonchev–Trinajstić information content (AvgIpc) is 2.67. The van der Waals surface area contributed by atoms with E-state index in [1.807, 2.05) is 0 Å². The smallest absolute Gasteiger partial charge is 0.243 e. The molecule has 0 aromatic heterocycles. The lowest BCUT2D eigenvalue weighted by Crippen LogP contribution is -2.34. The van der Waals surface area contributed by atoms with E-state index in [0.29, 0.717) is 29.9 Å². The van der Waals surface area contributed by atoms with Crippen molar-refractivity contribution in [2.75, 3.05) is 33.3 Å². The van der Waals surface area contributed by atoms with Gasteiger partial charge in [-0.15, -0.1) is 0 Å². The van der Waals surface area contributed by atoms with Crippen molar-refractivity contribution in [3.05, 3.63) is 22.7 Å². The molecule has 0 unspecified atom stereocenters. The number of rotatable bonds is 3. The van der Waals surface area contributed by atoms with Crippen LogP contribution >= 0.6 is 15.9 Å². The van der Waals surface area contributed by atoms with E-state index < -0.39 is 10.0 Å². The van der Waals surface area contributed by atoms with Gasteiger partial charge in [0.2, 0.25) is 10.0 Å². The van der Waals surface area contributed by atoms with E-state index in [9.17, 15) is 8.42 Å². The molecule has 0 atom stereocenters. The maximum absolute atomic E-state index is 12.6. The first kappa shape index (κ1) is 14.8. The van der Waals surface area contributed by atoms with Crippen LogP contribution in [0, 0.1) is 0 Å². The molecule has 19 heavy (non-hydrogen) atoms. The highest BCUT2D eigenvalue weighted by molar-refractivity contribution is 9.10. The summed E-state index contributed by atoms with van der Waals surface area (Å²) in [4.78, 5) is 0.264. The lowest BCUT2D eigenvalue weighted by atomic mass is 10.3. The number of hydrogen-bond acceptors (Lipinski definition) is 4. The van der Waals surface area contributed by atoms with E-state index in [1.54, 1.807) is 18.2 Å². The van der Waals surface area contributed by atoms with Crippen LogP contribution < -0.4 is 10.1 Å². The number of nitrogens with zero attached hydrogens (tertiary/aromatic N) is 1. The molecule has 106 valence electrons. The van der Waals surface area contributed by atoms with Gasteiger partial charge in [0.05, 0.1) is 12.0 Å². The fourth-order valence-corrected chi connectivity index (χ4v) is 4.18. The van der Waals surface area contributed by atoms with Crippen LogP contribution in [0.5, 0.6) is 5.75 Å². The minimum Gasteiger partial charge on any atom is -0.497 e. The molecule has 0 spiro atoms. The zero-order valence-electron chi connectivity index (χ0n) is 10.7. The van der Waals surface area contributed by atoms with Crippen LogP contribution in [0.2, 0.25) is 0 Å². The maximum Gasteiger partial charge on any atom is 0.243 e. The van der Waals surface area contributed by atoms with E-state index in [2.05, 4.69) is 21.2 Å². The van der Waals surface area contributed by atoms with Crippen molar-refractivity contribution in [1.82, 2.24) is 9.62 Å². The SMILES string of the molecule is COc1cc(Br)cc(S(=O)(=O)N2CCCNCC2)c1. The Bertz CT molecular complexity index is 540. The van der Waals surface area contributed by atoms with Crippen molar-refractivity contribution in [3.8, 4) is 5.75 Å². The van der Waals surface area contributed by atoms with Gasteiger partial charge >= 0.3 is 0 Å². The van der Waals surface area contributed by atoms with E-state index in [4.69, 9.17) is 4.74 Å². The Kier molecular flexibility index (Phi) is 4.83. The highest BCUT2D eigenvalue weighted by atomic mass is 79.9. The molecule has 5 nitrogen and oxygen atoms in total. The van der Waals surface area contributed by atoms with Crippen molar-refractivity contribution in [2.45, 2.75) is 11.3 Å². The molecule has 0 bridgehead atoms. The Balaban J connectivity index is 2.35. The largest absolute Gasteiger partial charge is 0.497 e. The van der Waals surface area contributed by atoms with Crippen LogP contribution in [0.3, 0.4) is 0 Å². The number of nitrogens with one attached hydrogen (secondary N) is 1. The minimum absolute atomic E-state index is 0.264. The fraction of sp³-hybridized carbons (Fsp3) is 0.500. The molecular formula is C12H17BrN2O3S. The summed E-state index contributed by atoms with van der Waals surface area (Å²) in [6, 6.07) is 4.90. The van der Waals surface area contributed by atoms with Gasteiger partial charge in [-0.3, -0.25) is 0 Å². The standard InChI is InChI=1S/C12H17BrN2O3S/c1-18-11-7-10(13)8-12(9-11)19(16,17)15-5-2-3-14-4-6-15/h7-9,14H,2-6H2,1H3. The van der Waals surface area contributed by atoms with Crippen LogP contribution in [0.15, 0.2) is 27.6 Å². The fourth-order valence-electron chi connectivity index (χ4n) is 2.01. The van der Waals surface area contributed by atoms with Crippen molar-refractivity contribution in [3.63, 3.8) is 0 Å². The van der Waals surface area contributed by atoms with Crippen LogP contribution in [-0.2, 0) is 10.0 Å². The summed E-state index contributed by atoms with van der Waals surface area (Å²) in [6.07, 6.45) is 0.824. The highest BCUT2D eigenvalue weighted by Gasteiger charge is 2.25. The average molecular weight is 349 g/mol. The summed E-state index contributed by atoms with van der Waals surface area (Å²) in [7, 11) is -1.94. The third-order valence-electron chi connectivity index (χ3n) is 3.02. The Morgan fingerprint density at radius 3 is 2.79 bits per heavy atom. The van der Waals surface area contributed by atoms with Crippen LogP contribution in [0.4, 0.5) is 0 Å². The summed E-state index contributed by atoms with van der Waals surface area (Å²) in [5.74, 6) is 0.529. The van der Waals surface area contributed by atoms with Crippen molar-refractivity contribution < 1.29 is 13.2 Å². The van der Waals surface area contributed by atoms with Crippen LogP contribution in [-0.4, -0.2) is 46.0 Å². The molecule has 7 heteroatoms. The predicted molar refractivity (Wildman–Crippen MR) is 76.9 cm³/mol. The lowest BCUT2D eigenvalue weighted by Gasteiger charge is -2.20. The first-order chi connectivity index (χ1) is 9.04. The highest BCUT2D eigenvalue weighted by Crippen LogP contribution is 2.26. The molecule has 1 heterocycles. The second-order valence-electron chi connectivity index (χ2n) is 4.33. The number of ether oxygens (including phenoxy) is 1. The molecule has 0 aliphatic carbocycles. The molecule has 0 radical (unpaired) electrons. The van der Waals surface area contributed by atoms with E-state index in [-0.39, 0.29) is 4.90 Å². The van der Waals surface area contributed by atoms with Gasteiger partial charge in [0, 0.05) is 30.2 Å². The minimum atomic E-state index is -3.46. The van der Waals surface area contributed by atoms with Gasteiger partial charge in [0.25, 0.3) is 0 Å². The molecule has 2 rings (SSSR count). The molecule has 0 saturated carbocycles. The van der Waals surface area contributed by atoms with E-state index in [1.165, 1.54) is 11.4 Å². The predicted octanol–water partition coefficient (Wildman–Crippen LogP) is 1.44. The summed E-state index contributed by atoms with van der Waals surface area (Å²) in [5, 5.41) is 3.19. The van der Waals surface area contributed by atoms with Gasteiger partial charge in [-0.05, 0) is 25.1 Å². The van der Waals surface area contributed by atoms with Gasteiger partial charge in [-0.25, -0.2) is 8.42 Å². The van der Waals surface area contributed by atoms with Gasteiger partial charge < -0.3 is 10.1 Å². The van der Waals surface area contributed by atoms with E-state index >= 15 is 0 Å². The zero-order valence-corrected chi connectivity index (χ0v) is 13.1. The first-order valence-corrected chi connectivity index (χ1v) is 8.33. The van der Waals surface area contributed by atoms with Gasteiger partial charge in [-0.2, -0.15) is 4.31 Å². The topological polar surface area (TPSA) is 58.6 Å². The van der Waals surface area contributed by atoms with Crippen molar-refractivity contribution in [1.29, 1.82) is 0 Å². The molecule has 1 aromatic rings. The Morgan fingerprint density at radius 1 is 1.26 bits per heavy atom. The summed E-state index contributed by atoms with van der Waals surface area (Å²) in [5.41, 5.74) is 0. The summed E-state index contributed by atoms with van der Waals surface area (Å²) < 4.78 is 32.5. The molecule has 0 amide bonds. The molecule has 1 N–H and O–H groups in total. The normalized spacial score (nSPS) is 18.0. The number of hydrogen-bond donors (Lipinski definition) is 1. The quantitative estimate of drug-likeness (QED) is 0.897.